The van der Waals surface area contributed by atoms with Gasteiger partial charge in [-0.1, -0.05) is 40.0 Å². The molecule has 0 rings (SSSR count). The highest BCUT2D eigenvalue weighted by molar-refractivity contribution is 4.70. The molecule has 0 aliphatic carbocycles. The van der Waals surface area contributed by atoms with Gasteiger partial charge in [-0.05, 0) is 25.7 Å². The number of hydrogen-bond donors (Lipinski definition) is 1. The third-order valence-electron chi connectivity index (χ3n) is 2.87. The van der Waals surface area contributed by atoms with Gasteiger partial charge in [0.25, 0.3) is 0 Å². The van der Waals surface area contributed by atoms with Gasteiger partial charge in [-0.25, -0.2) is 0 Å². The highest BCUT2D eigenvalue weighted by Gasteiger charge is 2.16. The molecule has 0 aliphatic rings. The zero-order valence-corrected chi connectivity index (χ0v) is 9.06. The Kier molecular flexibility index (Phi) is 5.56. The second-order valence-corrected chi connectivity index (χ2v) is 4.26. The number of aliphatic hydroxyl groups is 1. The Morgan fingerprint density at radius 2 is 1.92 bits per heavy atom. The minimum absolute atomic E-state index is 0.423. The fourth-order valence-corrected chi connectivity index (χ4v) is 1.21. The predicted octanol–water partition coefficient (Wildman–Crippen LogP) is 3.36. The Labute approximate surface area is 77.2 Å². The van der Waals surface area contributed by atoms with Gasteiger partial charge in [-0.2, -0.15) is 0 Å². The van der Waals surface area contributed by atoms with Crippen molar-refractivity contribution < 1.29 is 5.11 Å². The smallest absolute Gasteiger partial charge is 0.0617 e. The van der Waals surface area contributed by atoms with E-state index in [2.05, 4.69) is 13.8 Å². The normalized spacial score (nSPS) is 18.8. The van der Waals surface area contributed by atoms with Gasteiger partial charge in [0.1, 0.15) is 0 Å². The van der Waals surface area contributed by atoms with Gasteiger partial charge in [0.15, 0.2) is 0 Å². The maximum absolute atomic E-state index is 9.71. The molecule has 1 N–H and O–H groups in total. The second kappa shape index (κ2) is 5.58. The first-order valence-electron chi connectivity index (χ1n) is 5.24. The highest BCUT2D eigenvalue weighted by atomic mass is 16.3. The van der Waals surface area contributed by atoms with Crippen molar-refractivity contribution in [1.82, 2.24) is 0 Å². The predicted molar refractivity (Wildman–Crippen MR) is 54.2 cm³/mol. The van der Waals surface area contributed by atoms with E-state index >= 15 is 0 Å². The van der Waals surface area contributed by atoms with Crippen molar-refractivity contribution in [2.45, 2.75) is 65.4 Å². The van der Waals surface area contributed by atoms with E-state index in [0.29, 0.717) is 0 Å². The van der Waals surface area contributed by atoms with Crippen LogP contribution < -0.4 is 0 Å². The van der Waals surface area contributed by atoms with Crippen molar-refractivity contribution in [1.29, 1.82) is 0 Å². The fraction of sp³-hybridized carbons (Fsp3) is 1.00. The average Bonchev–Trinajstić information content (AvgIpc) is 2.04. The van der Waals surface area contributed by atoms with Crippen LogP contribution in [0.3, 0.4) is 0 Å². The van der Waals surface area contributed by atoms with Gasteiger partial charge in [-0.3, -0.25) is 0 Å². The maximum Gasteiger partial charge on any atom is 0.0617 e. The van der Waals surface area contributed by atoms with E-state index < -0.39 is 5.60 Å². The Morgan fingerprint density at radius 3 is 2.33 bits per heavy atom. The van der Waals surface area contributed by atoms with Crippen LogP contribution in [0.15, 0.2) is 0 Å². The van der Waals surface area contributed by atoms with Crippen molar-refractivity contribution in [2.75, 3.05) is 0 Å². The van der Waals surface area contributed by atoms with Crippen LogP contribution in [0.4, 0.5) is 0 Å². The summed E-state index contributed by atoms with van der Waals surface area (Å²) in [6, 6.07) is 0. The molecule has 0 saturated heterocycles. The lowest BCUT2D eigenvalue weighted by molar-refractivity contribution is 0.0433. The van der Waals surface area contributed by atoms with Crippen LogP contribution in [0.2, 0.25) is 0 Å². The summed E-state index contributed by atoms with van der Waals surface area (Å²) in [5, 5.41) is 9.71. The van der Waals surface area contributed by atoms with Crippen molar-refractivity contribution in [3.8, 4) is 0 Å². The first-order chi connectivity index (χ1) is 5.52. The quantitative estimate of drug-likeness (QED) is 0.651. The van der Waals surface area contributed by atoms with Gasteiger partial charge < -0.3 is 5.11 Å². The second-order valence-electron chi connectivity index (χ2n) is 4.26. The van der Waals surface area contributed by atoms with Crippen molar-refractivity contribution >= 4 is 0 Å². The van der Waals surface area contributed by atoms with Crippen molar-refractivity contribution in [2.24, 2.45) is 5.92 Å². The minimum atomic E-state index is -0.423. The molecule has 2 atom stereocenters. The Morgan fingerprint density at radius 1 is 1.33 bits per heavy atom. The molecule has 0 aliphatic heterocycles. The molecular weight excluding hydrogens is 148 g/mol. The highest BCUT2D eigenvalue weighted by Crippen LogP contribution is 2.20. The van der Waals surface area contributed by atoms with Gasteiger partial charge in [0.05, 0.1) is 5.60 Å². The largest absolute Gasteiger partial charge is 0.390 e. The number of rotatable bonds is 6. The van der Waals surface area contributed by atoms with Crippen LogP contribution in [0.5, 0.6) is 0 Å². The third kappa shape index (κ3) is 5.59. The zero-order chi connectivity index (χ0) is 9.61. The first kappa shape index (κ1) is 12.0. The summed E-state index contributed by atoms with van der Waals surface area (Å²) in [5.41, 5.74) is -0.423. The molecular formula is C11H24O. The lowest BCUT2D eigenvalue weighted by Gasteiger charge is -2.21. The lowest BCUT2D eigenvalue weighted by atomic mass is 9.93. The molecule has 0 fully saturated rings. The zero-order valence-electron chi connectivity index (χ0n) is 9.06. The van der Waals surface area contributed by atoms with E-state index in [-0.39, 0.29) is 0 Å². The molecule has 0 bridgehead atoms. The average molecular weight is 172 g/mol. The first-order valence-corrected chi connectivity index (χ1v) is 5.24. The third-order valence-corrected chi connectivity index (χ3v) is 2.87. The van der Waals surface area contributed by atoms with E-state index in [9.17, 15) is 5.11 Å². The Hall–Kier alpha value is -0.0400. The molecule has 0 amide bonds. The molecule has 1 unspecified atom stereocenters. The standard InChI is InChI=1S/C11H24O/c1-5-10(3)8-7-9-11(4,12)6-2/h10,12H,5-9H2,1-4H3/t10?,11-/m0/s1. The summed E-state index contributed by atoms with van der Waals surface area (Å²) in [6.45, 7) is 8.48. The lowest BCUT2D eigenvalue weighted by Crippen LogP contribution is -2.22. The molecule has 1 heteroatoms. The van der Waals surface area contributed by atoms with Crippen molar-refractivity contribution in [3.05, 3.63) is 0 Å². The minimum Gasteiger partial charge on any atom is -0.390 e. The molecule has 0 aromatic heterocycles. The molecule has 1 nitrogen and oxygen atoms in total. The van der Waals surface area contributed by atoms with E-state index in [1.807, 2.05) is 13.8 Å². The number of hydrogen-bond acceptors (Lipinski definition) is 1. The Bertz CT molecular complexity index is 108. The van der Waals surface area contributed by atoms with Gasteiger partial charge in [0, 0.05) is 0 Å². The van der Waals surface area contributed by atoms with Gasteiger partial charge in [-0.15, -0.1) is 0 Å². The fourth-order valence-electron chi connectivity index (χ4n) is 1.21. The summed E-state index contributed by atoms with van der Waals surface area (Å²) in [4.78, 5) is 0. The van der Waals surface area contributed by atoms with E-state index in [1.54, 1.807) is 0 Å². The molecule has 0 aromatic carbocycles. The molecule has 0 radical (unpaired) electrons. The van der Waals surface area contributed by atoms with Crippen LogP contribution in [-0.4, -0.2) is 10.7 Å². The van der Waals surface area contributed by atoms with Crippen molar-refractivity contribution in [3.63, 3.8) is 0 Å². The molecule has 12 heavy (non-hydrogen) atoms. The maximum atomic E-state index is 9.71. The summed E-state index contributed by atoms with van der Waals surface area (Å²) in [6.07, 6.45) is 5.50. The summed E-state index contributed by atoms with van der Waals surface area (Å²) in [7, 11) is 0. The molecule has 0 aromatic rings. The van der Waals surface area contributed by atoms with E-state index in [1.165, 1.54) is 12.8 Å². The topological polar surface area (TPSA) is 20.2 Å². The summed E-state index contributed by atoms with van der Waals surface area (Å²) >= 11 is 0. The van der Waals surface area contributed by atoms with E-state index in [0.717, 1.165) is 25.2 Å². The van der Waals surface area contributed by atoms with Gasteiger partial charge in [0.2, 0.25) is 0 Å². The van der Waals surface area contributed by atoms with Crippen LogP contribution in [-0.2, 0) is 0 Å². The van der Waals surface area contributed by atoms with Gasteiger partial charge >= 0.3 is 0 Å². The summed E-state index contributed by atoms with van der Waals surface area (Å²) in [5.74, 6) is 0.817. The monoisotopic (exact) mass is 172 g/mol. The van der Waals surface area contributed by atoms with Crippen LogP contribution in [0.25, 0.3) is 0 Å². The Balaban J connectivity index is 3.42. The molecule has 0 saturated carbocycles. The van der Waals surface area contributed by atoms with Crippen LogP contribution in [0, 0.1) is 5.92 Å². The molecule has 0 heterocycles. The van der Waals surface area contributed by atoms with Crippen LogP contribution in [0.1, 0.15) is 59.8 Å². The van der Waals surface area contributed by atoms with Crippen LogP contribution >= 0.6 is 0 Å². The summed E-state index contributed by atoms with van der Waals surface area (Å²) < 4.78 is 0. The van der Waals surface area contributed by atoms with E-state index in [4.69, 9.17) is 0 Å². The SMILES string of the molecule is CCC(C)CCC[C@@](C)(O)CC. The molecule has 0 spiro atoms. The molecule has 74 valence electrons.